The van der Waals surface area contributed by atoms with Gasteiger partial charge in [-0.2, -0.15) is 0 Å². The molecule has 1 aliphatic heterocycles. The van der Waals surface area contributed by atoms with Crippen molar-refractivity contribution in [1.82, 2.24) is 4.90 Å². The number of nitrogens with one attached hydrogen (secondary N) is 1. The first kappa shape index (κ1) is 16.7. The van der Waals surface area contributed by atoms with Crippen LogP contribution in [0.15, 0.2) is 48.5 Å². The number of halogens is 1. The molecule has 2 amide bonds. The smallest absolute Gasteiger partial charge is 0.322 e. The molecule has 1 atom stereocenters. The van der Waals surface area contributed by atoms with E-state index in [9.17, 15) is 4.79 Å². The van der Waals surface area contributed by atoms with Crippen molar-refractivity contribution >= 4 is 23.3 Å². The molecule has 1 saturated heterocycles. The number of hydrogen-bond donors (Lipinski definition) is 1. The highest BCUT2D eigenvalue weighted by Gasteiger charge is 2.30. The fraction of sp³-hybridized carbons (Fsp3) is 0.316. The normalized spacial score (nSPS) is 16.9. The van der Waals surface area contributed by atoms with E-state index in [0.29, 0.717) is 11.6 Å². The molecule has 0 aromatic heterocycles. The number of carbonyl (C=O) groups is 1. The van der Waals surface area contributed by atoms with Gasteiger partial charge in [0.05, 0.1) is 12.6 Å². The highest BCUT2D eigenvalue weighted by molar-refractivity contribution is 6.30. The predicted molar refractivity (Wildman–Crippen MR) is 96.8 cm³/mol. The monoisotopic (exact) mass is 344 g/mol. The molecule has 4 nitrogen and oxygen atoms in total. The van der Waals surface area contributed by atoms with Crippen molar-refractivity contribution in [2.75, 3.05) is 18.5 Å². The van der Waals surface area contributed by atoms with Crippen LogP contribution in [0.1, 0.15) is 31.4 Å². The van der Waals surface area contributed by atoms with Crippen LogP contribution < -0.4 is 10.1 Å². The zero-order valence-corrected chi connectivity index (χ0v) is 14.4. The maximum atomic E-state index is 12.6. The Morgan fingerprint density at radius 2 is 1.92 bits per heavy atom. The van der Waals surface area contributed by atoms with Crippen molar-refractivity contribution in [2.45, 2.75) is 25.8 Å². The van der Waals surface area contributed by atoms with E-state index in [0.717, 1.165) is 36.4 Å². The third-order valence-corrected chi connectivity index (χ3v) is 4.44. The number of urea groups is 1. The summed E-state index contributed by atoms with van der Waals surface area (Å²) in [7, 11) is 0. The maximum Gasteiger partial charge on any atom is 0.322 e. The summed E-state index contributed by atoms with van der Waals surface area (Å²) in [5.74, 6) is 0.858. The second-order valence-electron chi connectivity index (χ2n) is 5.79. The maximum absolute atomic E-state index is 12.6. The minimum atomic E-state index is -0.0753. The van der Waals surface area contributed by atoms with E-state index in [2.05, 4.69) is 5.32 Å². The van der Waals surface area contributed by atoms with Gasteiger partial charge in [0.1, 0.15) is 5.75 Å². The summed E-state index contributed by atoms with van der Waals surface area (Å²) in [6, 6.07) is 15.2. The van der Waals surface area contributed by atoms with Crippen molar-refractivity contribution in [3.05, 3.63) is 59.1 Å². The third kappa shape index (κ3) is 3.82. The second kappa shape index (κ2) is 7.58. The van der Waals surface area contributed by atoms with Gasteiger partial charge in [-0.15, -0.1) is 0 Å². The fourth-order valence-electron chi connectivity index (χ4n) is 3.04. The van der Waals surface area contributed by atoms with Crippen molar-refractivity contribution in [1.29, 1.82) is 0 Å². The molecule has 2 aromatic rings. The number of benzene rings is 2. The SMILES string of the molecule is CCOc1ccc([C@@H]2CCCN2C(=O)Nc2ccc(Cl)cc2)cc1. The molecule has 1 fully saturated rings. The Labute approximate surface area is 147 Å². The molecule has 126 valence electrons. The average molecular weight is 345 g/mol. The minimum absolute atomic E-state index is 0.0753. The van der Waals surface area contributed by atoms with Gasteiger partial charge in [0, 0.05) is 17.3 Å². The molecule has 5 heteroatoms. The van der Waals surface area contributed by atoms with Gasteiger partial charge in [-0.1, -0.05) is 23.7 Å². The summed E-state index contributed by atoms with van der Waals surface area (Å²) < 4.78 is 5.48. The average Bonchev–Trinajstić information content (AvgIpc) is 3.08. The molecular formula is C19H21ClN2O2. The lowest BCUT2D eigenvalue weighted by Gasteiger charge is -2.25. The first-order valence-electron chi connectivity index (χ1n) is 8.23. The molecular weight excluding hydrogens is 324 g/mol. The first-order valence-corrected chi connectivity index (χ1v) is 8.61. The second-order valence-corrected chi connectivity index (χ2v) is 6.23. The Morgan fingerprint density at radius 3 is 2.58 bits per heavy atom. The van der Waals surface area contributed by atoms with Crippen LogP contribution in [0, 0.1) is 0 Å². The summed E-state index contributed by atoms with van der Waals surface area (Å²) in [5, 5.41) is 3.60. The Kier molecular flexibility index (Phi) is 5.26. The van der Waals surface area contributed by atoms with Crippen LogP contribution >= 0.6 is 11.6 Å². The van der Waals surface area contributed by atoms with Gasteiger partial charge in [0.15, 0.2) is 0 Å². The molecule has 0 aliphatic carbocycles. The van der Waals surface area contributed by atoms with Crippen LogP contribution in [0.5, 0.6) is 5.75 Å². The molecule has 0 bridgehead atoms. The van der Waals surface area contributed by atoms with Gasteiger partial charge in [0.25, 0.3) is 0 Å². The molecule has 0 radical (unpaired) electrons. The fourth-order valence-corrected chi connectivity index (χ4v) is 3.16. The van der Waals surface area contributed by atoms with E-state index in [1.165, 1.54) is 0 Å². The van der Waals surface area contributed by atoms with E-state index in [4.69, 9.17) is 16.3 Å². The lowest BCUT2D eigenvalue weighted by molar-refractivity contribution is 0.207. The van der Waals surface area contributed by atoms with E-state index in [-0.39, 0.29) is 12.1 Å². The largest absolute Gasteiger partial charge is 0.494 e. The van der Waals surface area contributed by atoms with Crippen molar-refractivity contribution in [3.63, 3.8) is 0 Å². The van der Waals surface area contributed by atoms with Crippen LogP contribution in [0.2, 0.25) is 5.02 Å². The topological polar surface area (TPSA) is 41.6 Å². The van der Waals surface area contributed by atoms with Gasteiger partial charge in [0.2, 0.25) is 0 Å². The molecule has 1 aliphatic rings. The molecule has 3 rings (SSSR count). The molecule has 24 heavy (non-hydrogen) atoms. The van der Waals surface area contributed by atoms with Gasteiger partial charge < -0.3 is 15.0 Å². The van der Waals surface area contributed by atoms with E-state index >= 15 is 0 Å². The summed E-state index contributed by atoms with van der Waals surface area (Å²) in [4.78, 5) is 14.5. The minimum Gasteiger partial charge on any atom is -0.494 e. The number of carbonyl (C=O) groups excluding carboxylic acids is 1. The number of ether oxygens (including phenoxy) is 1. The van der Waals surface area contributed by atoms with Crippen LogP contribution in [-0.2, 0) is 0 Å². The van der Waals surface area contributed by atoms with Crippen molar-refractivity contribution in [2.24, 2.45) is 0 Å². The number of amides is 2. The zero-order chi connectivity index (χ0) is 16.9. The van der Waals surface area contributed by atoms with Gasteiger partial charge in [-0.05, 0) is 61.7 Å². The number of nitrogens with zero attached hydrogens (tertiary/aromatic N) is 1. The number of rotatable bonds is 4. The Hall–Kier alpha value is -2.20. The third-order valence-electron chi connectivity index (χ3n) is 4.19. The first-order chi connectivity index (χ1) is 11.7. The summed E-state index contributed by atoms with van der Waals surface area (Å²) in [6.45, 7) is 3.38. The number of anilines is 1. The van der Waals surface area contributed by atoms with E-state index in [1.807, 2.05) is 48.2 Å². The Morgan fingerprint density at radius 1 is 1.21 bits per heavy atom. The van der Waals surface area contributed by atoms with E-state index in [1.54, 1.807) is 12.1 Å². The summed E-state index contributed by atoms with van der Waals surface area (Å²) in [5.41, 5.74) is 1.89. The van der Waals surface area contributed by atoms with Crippen LogP contribution in [0.25, 0.3) is 0 Å². The van der Waals surface area contributed by atoms with Crippen molar-refractivity contribution in [3.8, 4) is 5.75 Å². The van der Waals surface area contributed by atoms with Gasteiger partial charge >= 0.3 is 6.03 Å². The quantitative estimate of drug-likeness (QED) is 0.837. The molecule has 1 heterocycles. The highest BCUT2D eigenvalue weighted by atomic mass is 35.5. The molecule has 2 aromatic carbocycles. The van der Waals surface area contributed by atoms with Crippen LogP contribution in [0.3, 0.4) is 0 Å². The van der Waals surface area contributed by atoms with Gasteiger partial charge in [-0.3, -0.25) is 0 Å². The van der Waals surface area contributed by atoms with Gasteiger partial charge in [-0.25, -0.2) is 4.79 Å². The van der Waals surface area contributed by atoms with Crippen LogP contribution in [0.4, 0.5) is 10.5 Å². The molecule has 0 unspecified atom stereocenters. The van der Waals surface area contributed by atoms with Crippen LogP contribution in [-0.4, -0.2) is 24.1 Å². The summed E-state index contributed by atoms with van der Waals surface area (Å²) in [6.07, 6.45) is 1.98. The lowest BCUT2D eigenvalue weighted by Crippen LogP contribution is -2.34. The van der Waals surface area contributed by atoms with Crippen molar-refractivity contribution < 1.29 is 9.53 Å². The predicted octanol–water partition coefficient (Wildman–Crippen LogP) is 5.11. The molecule has 0 saturated carbocycles. The Balaban J connectivity index is 1.70. The zero-order valence-electron chi connectivity index (χ0n) is 13.7. The molecule has 1 N–H and O–H groups in total. The van der Waals surface area contributed by atoms with E-state index < -0.39 is 0 Å². The lowest BCUT2D eigenvalue weighted by atomic mass is 10.0. The number of hydrogen-bond acceptors (Lipinski definition) is 2. The standard InChI is InChI=1S/C19H21ClN2O2/c1-2-24-17-11-5-14(6-12-17)18-4-3-13-22(18)19(23)21-16-9-7-15(20)8-10-16/h5-12,18H,2-4,13H2,1H3,(H,21,23)/t18-/m0/s1. The Bertz CT molecular complexity index is 686. The summed E-state index contributed by atoms with van der Waals surface area (Å²) >= 11 is 5.88. The highest BCUT2D eigenvalue weighted by Crippen LogP contribution is 2.33. The number of likely N-dealkylation sites (tertiary alicyclic amines) is 1. The molecule has 0 spiro atoms.